The molecule has 2 aromatic rings. The quantitative estimate of drug-likeness (QED) is 0.545. The van der Waals surface area contributed by atoms with Gasteiger partial charge in [-0.2, -0.15) is 0 Å². The normalized spacial score (nSPS) is 17.7. The van der Waals surface area contributed by atoms with E-state index in [-0.39, 0.29) is 11.7 Å². The number of aldehydes is 1. The van der Waals surface area contributed by atoms with E-state index in [0.29, 0.717) is 28.2 Å². The summed E-state index contributed by atoms with van der Waals surface area (Å²) in [5.74, 6) is -0.623. The molecule has 0 bridgehead atoms. The van der Waals surface area contributed by atoms with Gasteiger partial charge in [-0.15, -0.1) is 0 Å². The summed E-state index contributed by atoms with van der Waals surface area (Å²) in [6, 6.07) is 10.1. The van der Waals surface area contributed by atoms with Crippen LogP contribution in [0.25, 0.3) is 0 Å². The van der Waals surface area contributed by atoms with E-state index in [1.807, 2.05) is 19.1 Å². The van der Waals surface area contributed by atoms with E-state index >= 15 is 0 Å². The van der Waals surface area contributed by atoms with Crippen molar-refractivity contribution in [3.8, 4) is 0 Å². The van der Waals surface area contributed by atoms with E-state index in [0.717, 1.165) is 44.0 Å². The molecule has 1 amide bonds. The van der Waals surface area contributed by atoms with Crippen LogP contribution in [0, 0.1) is 12.7 Å². The number of nitrogens with one attached hydrogen (secondary N) is 2. The zero-order chi connectivity index (χ0) is 21.7. The average Bonchev–Trinajstić information content (AvgIpc) is 2.74. The van der Waals surface area contributed by atoms with E-state index in [1.54, 1.807) is 31.2 Å². The van der Waals surface area contributed by atoms with E-state index in [4.69, 9.17) is 11.6 Å². The number of amides is 1. The number of hydrogen-bond acceptors (Lipinski definition) is 3. The molecule has 2 N–H and O–H groups in total. The Morgan fingerprint density at radius 1 is 1.13 bits per heavy atom. The molecule has 2 aromatic carbocycles. The third-order valence-electron chi connectivity index (χ3n) is 6.26. The number of carbonyl (C=O) groups excluding carboxylic acids is 2. The van der Waals surface area contributed by atoms with Crippen molar-refractivity contribution in [2.24, 2.45) is 0 Å². The molecular formula is C24H28ClFN2O2. The van der Waals surface area contributed by atoms with Crippen LogP contribution in [0.1, 0.15) is 61.6 Å². The topological polar surface area (TPSA) is 58.2 Å². The van der Waals surface area contributed by atoms with Crippen LogP contribution < -0.4 is 10.6 Å². The Hall–Kier alpha value is -2.24. The van der Waals surface area contributed by atoms with Gasteiger partial charge in [0, 0.05) is 22.2 Å². The number of aryl methyl sites for hydroxylation is 1. The Morgan fingerprint density at radius 2 is 1.87 bits per heavy atom. The Kier molecular flexibility index (Phi) is 7.27. The summed E-state index contributed by atoms with van der Waals surface area (Å²) in [6.45, 7) is 3.59. The number of anilines is 1. The molecule has 0 aromatic heterocycles. The fourth-order valence-electron chi connectivity index (χ4n) is 4.57. The molecule has 1 aliphatic rings. The Morgan fingerprint density at radius 3 is 2.53 bits per heavy atom. The summed E-state index contributed by atoms with van der Waals surface area (Å²) in [5.41, 5.74) is 2.11. The van der Waals surface area contributed by atoms with Gasteiger partial charge < -0.3 is 10.1 Å². The van der Waals surface area contributed by atoms with Crippen LogP contribution in [0.5, 0.6) is 0 Å². The standard InChI is InChI=1S/C24H28ClFN2O2/c1-16-7-6-8-19(23(16)26)17(2)22(14-29)28-24(11-4-3-5-12-24)20-10-9-18(25)13-21(20)27-15-30/h6-10,13-15,17,22,28H,3-5,11-12H2,1-2H3,(H,27,30)/t17-,22?/m0/s1. The lowest BCUT2D eigenvalue weighted by atomic mass is 9.74. The monoisotopic (exact) mass is 430 g/mol. The maximum atomic E-state index is 14.7. The Bertz CT molecular complexity index is 912. The third kappa shape index (κ3) is 4.57. The summed E-state index contributed by atoms with van der Waals surface area (Å²) < 4.78 is 14.7. The van der Waals surface area contributed by atoms with Crippen molar-refractivity contribution in [2.45, 2.75) is 63.5 Å². The van der Waals surface area contributed by atoms with Crippen LogP contribution in [0.15, 0.2) is 36.4 Å². The molecule has 2 atom stereocenters. The average molecular weight is 431 g/mol. The van der Waals surface area contributed by atoms with Gasteiger partial charge in [-0.1, -0.05) is 62.1 Å². The van der Waals surface area contributed by atoms with Gasteiger partial charge in [0.15, 0.2) is 0 Å². The van der Waals surface area contributed by atoms with Gasteiger partial charge in [0.05, 0.1) is 6.04 Å². The first-order valence-corrected chi connectivity index (χ1v) is 10.8. The van der Waals surface area contributed by atoms with Crippen molar-refractivity contribution in [2.75, 3.05) is 5.32 Å². The molecule has 4 nitrogen and oxygen atoms in total. The Labute approximate surface area is 182 Å². The number of benzene rings is 2. The minimum atomic E-state index is -0.584. The van der Waals surface area contributed by atoms with Gasteiger partial charge >= 0.3 is 0 Å². The predicted molar refractivity (Wildman–Crippen MR) is 118 cm³/mol. The lowest BCUT2D eigenvalue weighted by Crippen LogP contribution is -2.52. The molecule has 30 heavy (non-hydrogen) atoms. The van der Waals surface area contributed by atoms with Gasteiger partial charge in [0.2, 0.25) is 6.41 Å². The molecular weight excluding hydrogens is 403 g/mol. The summed E-state index contributed by atoms with van der Waals surface area (Å²) >= 11 is 6.16. The molecule has 0 saturated heterocycles. The molecule has 6 heteroatoms. The van der Waals surface area contributed by atoms with Crippen molar-refractivity contribution in [3.05, 3.63) is 63.9 Å². The van der Waals surface area contributed by atoms with E-state index in [1.165, 1.54) is 0 Å². The second-order valence-corrected chi connectivity index (χ2v) is 8.60. The number of hydrogen-bond donors (Lipinski definition) is 2. The van der Waals surface area contributed by atoms with Gasteiger partial charge in [-0.05, 0) is 48.6 Å². The lowest BCUT2D eigenvalue weighted by molar-refractivity contribution is -0.110. The highest BCUT2D eigenvalue weighted by atomic mass is 35.5. The van der Waals surface area contributed by atoms with E-state index in [2.05, 4.69) is 10.6 Å². The SMILES string of the molecule is Cc1cccc([C@H](C)C(C=O)NC2(c3ccc(Cl)cc3NC=O)CCCCC2)c1F. The van der Waals surface area contributed by atoms with Gasteiger partial charge in [0.25, 0.3) is 0 Å². The minimum absolute atomic E-state index is 0.272. The molecule has 0 spiro atoms. The highest BCUT2D eigenvalue weighted by Crippen LogP contribution is 2.42. The molecule has 3 rings (SSSR count). The molecule has 0 aliphatic heterocycles. The molecule has 1 aliphatic carbocycles. The molecule has 0 heterocycles. The van der Waals surface area contributed by atoms with Crippen LogP contribution in [-0.4, -0.2) is 18.7 Å². The number of halogens is 2. The van der Waals surface area contributed by atoms with Gasteiger partial charge in [0.1, 0.15) is 12.1 Å². The maximum absolute atomic E-state index is 14.7. The summed E-state index contributed by atoms with van der Waals surface area (Å²) in [4.78, 5) is 23.3. The largest absolute Gasteiger partial charge is 0.328 e. The fourth-order valence-corrected chi connectivity index (χ4v) is 4.75. The third-order valence-corrected chi connectivity index (χ3v) is 6.49. The van der Waals surface area contributed by atoms with Crippen molar-refractivity contribution < 1.29 is 14.0 Å². The van der Waals surface area contributed by atoms with Crippen molar-refractivity contribution in [3.63, 3.8) is 0 Å². The number of rotatable bonds is 8. The molecule has 160 valence electrons. The fraction of sp³-hybridized carbons (Fsp3) is 0.417. The highest BCUT2D eigenvalue weighted by Gasteiger charge is 2.39. The van der Waals surface area contributed by atoms with Crippen molar-refractivity contribution in [1.29, 1.82) is 0 Å². The van der Waals surface area contributed by atoms with Crippen LogP contribution in [-0.2, 0) is 15.1 Å². The first-order valence-electron chi connectivity index (χ1n) is 10.4. The van der Waals surface area contributed by atoms with Crippen LogP contribution >= 0.6 is 11.6 Å². The zero-order valence-corrected chi connectivity index (χ0v) is 18.1. The number of carbonyl (C=O) groups is 2. The highest BCUT2D eigenvalue weighted by molar-refractivity contribution is 6.30. The lowest BCUT2D eigenvalue weighted by Gasteiger charge is -2.43. The first kappa shape index (κ1) is 22.4. The summed E-state index contributed by atoms with van der Waals surface area (Å²) in [6.07, 6.45) is 6.23. The second-order valence-electron chi connectivity index (χ2n) is 8.17. The van der Waals surface area contributed by atoms with E-state index < -0.39 is 11.6 Å². The maximum Gasteiger partial charge on any atom is 0.211 e. The molecule has 1 saturated carbocycles. The Balaban J connectivity index is 2.01. The van der Waals surface area contributed by atoms with Gasteiger partial charge in [-0.25, -0.2) is 4.39 Å². The summed E-state index contributed by atoms with van der Waals surface area (Å²) in [5, 5.41) is 6.84. The molecule has 1 unspecified atom stereocenters. The van der Waals surface area contributed by atoms with Crippen molar-refractivity contribution in [1.82, 2.24) is 5.32 Å². The molecule has 1 fully saturated rings. The first-order chi connectivity index (χ1) is 14.4. The zero-order valence-electron chi connectivity index (χ0n) is 17.4. The predicted octanol–water partition coefficient (Wildman–Crippen LogP) is 5.48. The van der Waals surface area contributed by atoms with Gasteiger partial charge in [-0.3, -0.25) is 10.1 Å². The van der Waals surface area contributed by atoms with Crippen LogP contribution in [0.4, 0.5) is 10.1 Å². The summed E-state index contributed by atoms with van der Waals surface area (Å²) in [7, 11) is 0. The van der Waals surface area contributed by atoms with Crippen LogP contribution in [0.3, 0.4) is 0 Å². The minimum Gasteiger partial charge on any atom is -0.328 e. The van der Waals surface area contributed by atoms with E-state index in [9.17, 15) is 14.0 Å². The van der Waals surface area contributed by atoms with Crippen LogP contribution in [0.2, 0.25) is 5.02 Å². The smallest absolute Gasteiger partial charge is 0.211 e. The van der Waals surface area contributed by atoms with Crippen molar-refractivity contribution >= 4 is 30.0 Å². The molecule has 0 radical (unpaired) electrons. The second kappa shape index (κ2) is 9.71.